The number of ether oxygens (including phenoxy) is 1. The summed E-state index contributed by atoms with van der Waals surface area (Å²) >= 11 is 6.20. The van der Waals surface area contributed by atoms with Crippen molar-refractivity contribution in [1.29, 1.82) is 0 Å². The van der Waals surface area contributed by atoms with Gasteiger partial charge in [-0.25, -0.2) is 14.1 Å². The minimum Gasteiger partial charge on any atom is -0.373 e. The van der Waals surface area contributed by atoms with Gasteiger partial charge in [0.05, 0.1) is 36.2 Å². The molecule has 1 aromatic carbocycles. The number of para-hydroxylation sites is 1. The molecule has 3 aromatic rings. The number of carbonyl (C=O) groups excluding carboxylic acids is 1. The Bertz CT molecular complexity index is 1070. The van der Waals surface area contributed by atoms with E-state index in [2.05, 4.69) is 15.4 Å². The third-order valence-electron chi connectivity index (χ3n) is 5.46. The van der Waals surface area contributed by atoms with Crippen molar-refractivity contribution in [1.82, 2.24) is 24.6 Å². The lowest BCUT2D eigenvalue weighted by Gasteiger charge is -2.25. The van der Waals surface area contributed by atoms with Gasteiger partial charge in [0.15, 0.2) is 5.82 Å². The number of hydrogen-bond donors (Lipinski definition) is 1. The summed E-state index contributed by atoms with van der Waals surface area (Å²) in [5.41, 5.74) is 2.71. The predicted molar refractivity (Wildman–Crippen MR) is 104 cm³/mol. The molecule has 1 atom stereocenters. The van der Waals surface area contributed by atoms with Crippen LogP contribution < -0.4 is 5.32 Å². The van der Waals surface area contributed by atoms with Crippen LogP contribution >= 0.6 is 11.6 Å². The summed E-state index contributed by atoms with van der Waals surface area (Å²) in [5.74, 6) is -0.314. The maximum Gasteiger partial charge on any atom is 0.287 e. The van der Waals surface area contributed by atoms with E-state index in [1.165, 1.54) is 10.7 Å². The molecule has 0 saturated heterocycles. The summed E-state index contributed by atoms with van der Waals surface area (Å²) in [6.45, 7) is 1.36. The van der Waals surface area contributed by atoms with Crippen LogP contribution in [-0.4, -0.2) is 31.8 Å². The molecule has 7 nitrogen and oxygen atoms in total. The number of imidazole rings is 1. The van der Waals surface area contributed by atoms with Crippen LogP contribution in [0.25, 0.3) is 5.69 Å². The average molecular weight is 416 g/mol. The molecule has 0 radical (unpaired) electrons. The topological polar surface area (TPSA) is 74.0 Å². The van der Waals surface area contributed by atoms with Gasteiger partial charge in [-0.3, -0.25) is 4.79 Å². The second-order valence-corrected chi connectivity index (χ2v) is 7.66. The lowest BCUT2D eigenvalue weighted by Crippen LogP contribution is -2.36. The van der Waals surface area contributed by atoms with Crippen molar-refractivity contribution in [3.8, 4) is 5.69 Å². The number of rotatable bonds is 3. The van der Waals surface area contributed by atoms with E-state index in [0.717, 1.165) is 37.1 Å². The zero-order valence-corrected chi connectivity index (χ0v) is 16.3. The highest BCUT2D eigenvalue weighted by molar-refractivity contribution is 6.32. The highest BCUT2D eigenvalue weighted by Gasteiger charge is 2.30. The van der Waals surface area contributed by atoms with E-state index in [1.54, 1.807) is 24.5 Å². The number of aryl methyl sites for hydroxylation is 1. The minimum atomic E-state index is -0.474. The Morgan fingerprint density at radius 1 is 1.31 bits per heavy atom. The third-order valence-corrected chi connectivity index (χ3v) is 5.77. The van der Waals surface area contributed by atoms with E-state index in [4.69, 9.17) is 16.3 Å². The fraction of sp³-hybridized carbons (Fsp3) is 0.350. The van der Waals surface area contributed by atoms with Crippen molar-refractivity contribution in [3.05, 3.63) is 64.2 Å². The normalized spacial score (nSPS) is 18.2. The minimum absolute atomic E-state index is 0.174. The van der Waals surface area contributed by atoms with Crippen molar-refractivity contribution in [2.75, 3.05) is 6.61 Å². The van der Waals surface area contributed by atoms with E-state index in [9.17, 15) is 9.18 Å². The van der Waals surface area contributed by atoms with E-state index < -0.39 is 11.9 Å². The van der Waals surface area contributed by atoms with Crippen LogP contribution in [0.3, 0.4) is 0 Å². The molecular formula is C20H19ClFN5O2. The Morgan fingerprint density at radius 3 is 3.07 bits per heavy atom. The van der Waals surface area contributed by atoms with Crippen LogP contribution in [0.1, 0.15) is 46.5 Å². The average Bonchev–Trinajstić information content (AvgIpc) is 3.33. The van der Waals surface area contributed by atoms with E-state index in [0.29, 0.717) is 18.1 Å². The molecule has 4 heterocycles. The fourth-order valence-electron chi connectivity index (χ4n) is 4.03. The Hall–Kier alpha value is -2.71. The molecule has 0 aliphatic carbocycles. The van der Waals surface area contributed by atoms with Gasteiger partial charge in [0.25, 0.3) is 5.91 Å². The first-order valence-corrected chi connectivity index (χ1v) is 9.95. The monoisotopic (exact) mass is 415 g/mol. The molecule has 2 aromatic heterocycles. The summed E-state index contributed by atoms with van der Waals surface area (Å²) in [5, 5.41) is 7.57. The molecular weight excluding hydrogens is 397 g/mol. The number of aromatic nitrogens is 4. The Kier molecular flexibility index (Phi) is 4.60. The highest BCUT2D eigenvalue weighted by Crippen LogP contribution is 2.31. The van der Waals surface area contributed by atoms with Gasteiger partial charge >= 0.3 is 0 Å². The molecule has 0 fully saturated rings. The SMILES string of the molecule is O=C(N[C@H]1COCc2c1cnn2-c1c(F)cccc1Cl)c1ncc2n1CCCC2. The molecule has 1 N–H and O–H groups in total. The highest BCUT2D eigenvalue weighted by atomic mass is 35.5. The Labute approximate surface area is 171 Å². The second kappa shape index (κ2) is 7.27. The second-order valence-electron chi connectivity index (χ2n) is 7.25. The van der Waals surface area contributed by atoms with Crippen LogP contribution in [-0.2, 0) is 24.3 Å². The van der Waals surface area contributed by atoms with Gasteiger partial charge in [-0.05, 0) is 31.4 Å². The number of nitrogens with one attached hydrogen (secondary N) is 1. The molecule has 9 heteroatoms. The smallest absolute Gasteiger partial charge is 0.287 e. The van der Waals surface area contributed by atoms with Crippen molar-refractivity contribution in [2.24, 2.45) is 0 Å². The van der Waals surface area contributed by atoms with E-state index in [1.807, 2.05) is 4.57 Å². The first kappa shape index (κ1) is 18.3. The van der Waals surface area contributed by atoms with Gasteiger partial charge in [0, 0.05) is 24.0 Å². The van der Waals surface area contributed by atoms with Crippen molar-refractivity contribution in [2.45, 2.75) is 38.5 Å². The van der Waals surface area contributed by atoms with E-state index >= 15 is 0 Å². The summed E-state index contributed by atoms with van der Waals surface area (Å²) in [7, 11) is 0. The van der Waals surface area contributed by atoms with Crippen molar-refractivity contribution in [3.63, 3.8) is 0 Å². The maximum absolute atomic E-state index is 14.4. The predicted octanol–water partition coefficient (Wildman–Crippen LogP) is 3.20. The molecule has 2 aliphatic heterocycles. The summed E-state index contributed by atoms with van der Waals surface area (Å²) in [6.07, 6.45) is 6.50. The van der Waals surface area contributed by atoms with Gasteiger partial charge < -0.3 is 14.6 Å². The number of amides is 1. The Balaban J connectivity index is 1.44. The van der Waals surface area contributed by atoms with Gasteiger partial charge in [-0.2, -0.15) is 5.10 Å². The number of benzene rings is 1. The number of fused-ring (bicyclic) bond motifs is 2. The fourth-order valence-corrected chi connectivity index (χ4v) is 4.27. The lowest BCUT2D eigenvalue weighted by atomic mass is 10.1. The summed E-state index contributed by atoms with van der Waals surface area (Å²) in [6, 6.07) is 4.09. The summed E-state index contributed by atoms with van der Waals surface area (Å²) in [4.78, 5) is 17.2. The zero-order valence-electron chi connectivity index (χ0n) is 15.6. The zero-order chi connectivity index (χ0) is 20.0. The molecule has 2 aliphatic rings. The number of nitrogens with zero attached hydrogens (tertiary/aromatic N) is 4. The molecule has 1 amide bonds. The Morgan fingerprint density at radius 2 is 2.21 bits per heavy atom. The van der Waals surface area contributed by atoms with Crippen molar-refractivity contribution >= 4 is 17.5 Å². The molecule has 0 bridgehead atoms. The quantitative estimate of drug-likeness (QED) is 0.713. The van der Waals surface area contributed by atoms with Crippen LogP contribution in [0.15, 0.2) is 30.6 Å². The first-order chi connectivity index (χ1) is 14.1. The van der Waals surface area contributed by atoms with Gasteiger partial charge in [-0.1, -0.05) is 17.7 Å². The van der Waals surface area contributed by atoms with Gasteiger partial charge in [-0.15, -0.1) is 0 Å². The molecule has 150 valence electrons. The first-order valence-electron chi connectivity index (χ1n) is 9.57. The van der Waals surface area contributed by atoms with Crippen molar-refractivity contribution < 1.29 is 13.9 Å². The molecule has 0 saturated carbocycles. The van der Waals surface area contributed by atoms with Crippen LogP contribution in [0.4, 0.5) is 4.39 Å². The largest absolute Gasteiger partial charge is 0.373 e. The van der Waals surface area contributed by atoms with Crippen LogP contribution in [0, 0.1) is 5.82 Å². The molecule has 29 heavy (non-hydrogen) atoms. The van der Waals surface area contributed by atoms with Gasteiger partial charge in [0.2, 0.25) is 0 Å². The standard InChI is InChI=1S/C20H19ClFN5O2/c21-14-5-3-6-15(22)18(14)27-17-11-29-10-16(13(17)9-24-27)25-20(28)19-23-8-12-4-1-2-7-26(12)19/h3,5-6,8-9,16H,1-2,4,7,10-11H2,(H,25,28)/t16-/m0/s1. The van der Waals surface area contributed by atoms with E-state index in [-0.39, 0.29) is 23.2 Å². The molecule has 0 unspecified atom stereocenters. The number of hydrogen-bond acceptors (Lipinski definition) is 4. The molecule has 5 rings (SSSR count). The van der Waals surface area contributed by atoms with Crippen LogP contribution in [0.5, 0.6) is 0 Å². The number of halogens is 2. The third kappa shape index (κ3) is 3.12. The molecule has 0 spiro atoms. The maximum atomic E-state index is 14.4. The van der Waals surface area contributed by atoms with Gasteiger partial charge in [0.1, 0.15) is 11.5 Å². The summed E-state index contributed by atoms with van der Waals surface area (Å²) < 4.78 is 23.5. The number of carbonyl (C=O) groups is 1. The lowest BCUT2D eigenvalue weighted by molar-refractivity contribution is 0.0678. The van der Waals surface area contributed by atoms with Crippen LogP contribution in [0.2, 0.25) is 5.02 Å².